The zero-order valence-corrected chi connectivity index (χ0v) is 12.2. The number of nitrogens with one attached hydrogen (secondary N) is 2. The van der Waals surface area contributed by atoms with Crippen LogP contribution in [0.25, 0.3) is 0 Å². The second-order valence-electron chi connectivity index (χ2n) is 4.77. The Labute approximate surface area is 119 Å². The van der Waals surface area contributed by atoms with Crippen LogP contribution in [0.15, 0.2) is 30.5 Å². The van der Waals surface area contributed by atoms with Gasteiger partial charge in [0.1, 0.15) is 5.82 Å². The van der Waals surface area contributed by atoms with Crippen molar-refractivity contribution >= 4 is 11.8 Å². The van der Waals surface area contributed by atoms with Gasteiger partial charge in [-0.1, -0.05) is 13.0 Å². The fourth-order valence-corrected chi connectivity index (χ4v) is 1.89. The molecule has 5 nitrogen and oxygen atoms in total. The van der Waals surface area contributed by atoms with Crippen molar-refractivity contribution in [3.8, 4) is 0 Å². The van der Waals surface area contributed by atoms with Gasteiger partial charge in [-0.15, -0.1) is 0 Å². The van der Waals surface area contributed by atoms with Crippen LogP contribution in [-0.2, 0) is 0 Å². The van der Waals surface area contributed by atoms with Crippen LogP contribution in [0, 0.1) is 6.92 Å². The summed E-state index contributed by atoms with van der Waals surface area (Å²) >= 11 is 0. The number of nitrogens with zero attached hydrogens (tertiary/aromatic N) is 3. The first kappa shape index (κ1) is 14.2. The molecule has 0 aromatic carbocycles. The third-order valence-electron chi connectivity index (χ3n) is 2.88. The highest BCUT2D eigenvalue weighted by Gasteiger charge is 2.08. The van der Waals surface area contributed by atoms with Crippen molar-refractivity contribution in [1.29, 1.82) is 0 Å². The lowest BCUT2D eigenvalue weighted by Gasteiger charge is -2.15. The molecule has 0 aliphatic heterocycles. The number of pyridine rings is 1. The van der Waals surface area contributed by atoms with Crippen LogP contribution in [0.1, 0.15) is 37.7 Å². The first-order valence-corrected chi connectivity index (χ1v) is 6.96. The van der Waals surface area contributed by atoms with Gasteiger partial charge in [0.15, 0.2) is 0 Å². The highest BCUT2D eigenvalue weighted by molar-refractivity contribution is 5.43. The van der Waals surface area contributed by atoms with Gasteiger partial charge in [0, 0.05) is 24.5 Å². The van der Waals surface area contributed by atoms with Crippen LogP contribution < -0.4 is 10.6 Å². The number of anilines is 2. The maximum absolute atomic E-state index is 4.48. The molecule has 2 N–H and O–H groups in total. The minimum absolute atomic E-state index is 0.101. The average molecular weight is 271 g/mol. The van der Waals surface area contributed by atoms with E-state index in [0.717, 1.165) is 30.2 Å². The van der Waals surface area contributed by atoms with Crippen molar-refractivity contribution in [3.63, 3.8) is 0 Å². The summed E-state index contributed by atoms with van der Waals surface area (Å²) in [5.74, 6) is 1.48. The number of hydrogen-bond donors (Lipinski definition) is 2. The second-order valence-corrected chi connectivity index (χ2v) is 4.77. The fraction of sp³-hybridized carbons (Fsp3) is 0.400. The molecule has 2 rings (SSSR count). The zero-order chi connectivity index (χ0) is 14.4. The van der Waals surface area contributed by atoms with E-state index in [-0.39, 0.29) is 6.04 Å². The fourth-order valence-electron chi connectivity index (χ4n) is 1.89. The second kappa shape index (κ2) is 6.84. The van der Waals surface area contributed by atoms with Gasteiger partial charge in [0.05, 0.1) is 11.7 Å². The number of aromatic nitrogens is 3. The Morgan fingerprint density at radius 3 is 2.80 bits per heavy atom. The lowest BCUT2D eigenvalue weighted by Crippen LogP contribution is -2.12. The molecule has 0 bridgehead atoms. The summed E-state index contributed by atoms with van der Waals surface area (Å²) in [7, 11) is 0. The SMILES string of the molecule is CCCNc1nc(C)cc(NC(C)c2ccccn2)n1. The maximum atomic E-state index is 4.48. The van der Waals surface area contributed by atoms with Gasteiger partial charge in [-0.25, -0.2) is 4.98 Å². The summed E-state index contributed by atoms with van der Waals surface area (Å²) in [6.07, 6.45) is 2.84. The van der Waals surface area contributed by atoms with E-state index in [1.165, 1.54) is 0 Å². The van der Waals surface area contributed by atoms with Crippen LogP contribution >= 0.6 is 0 Å². The summed E-state index contributed by atoms with van der Waals surface area (Å²) in [6, 6.07) is 7.94. The first-order chi connectivity index (χ1) is 9.69. The van der Waals surface area contributed by atoms with Crippen LogP contribution in [0.3, 0.4) is 0 Å². The Morgan fingerprint density at radius 1 is 1.25 bits per heavy atom. The third kappa shape index (κ3) is 3.91. The Morgan fingerprint density at radius 2 is 2.10 bits per heavy atom. The molecular weight excluding hydrogens is 250 g/mol. The van der Waals surface area contributed by atoms with E-state index < -0.39 is 0 Å². The predicted molar refractivity (Wildman–Crippen MR) is 81.8 cm³/mol. The lowest BCUT2D eigenvalue weighted by molar-refractivity contribution is 0.828. The highest BCUT2D eigenvalue weighted by atomic mass is 15.1. The van der Waals surface area contributed by atoms with Crippen molar-refractivity contribution in [3.05, 3.63) is 41.9 Å². The van der Waals surface area contributed by atoms with Crippen molar-refractivity contribution in [2.75, 3.05) is 17.2 Å². The number of rotatable bonds is 6. The van der Waals surface area contributed by atoms with E-state index in [0.29, 0.717) is 5.95 Å². The summed E-state index contributed by atoms with van der Waals surface area (Å²) in [5.41, 5.74) is 1.93. The number of hydrogen-bond acceptors (Lipinski definition) is 5. The summed E-state index contributed by atoms with van der Waals surface area (Å²) in [5, 5.41) is 6.57. The minimum Gasteiger partial charge on any atom is -0.362 e. The van der Waals surface area contributed by atoms with Gasteiger partial charge in [-0.3, -0.25) is 4.98 Å². The molecule has 2 aromatic rings. The monoisotopic (exact) mass is 271 g/mol. The van der Waals surface area contributed by atoms with Crippen LogP contribution in [-0.4, -0.2) is 21.5 Å². The van der Waals surface area contributed by atoms with Gasteiger partial charge in [-0.05, 0) is 32.4 Å². The molecule has 2 heterocycles. The molecule has 0 spiro atoms. The summed E-state index contributed by atoms with van der Waals surface area (Å²) in [6.45, 7) is 7.03. The zero-order valence-electron chi connectivity index (χ0n) is 12.2. The molecule has 0 aliphatic rings. The van der Waals surface area contributed by atoms with Crippen molar-refractivity contribution in [2.45, 2.75) is 33.2 Å². The van der Waals surface area contributed by atoms with Gasteiger partial charge >= 0.3 is 0 Å². The van der Waals surface area contributed by atoms with Crippen molar-refractivity contribution in [1.82, 2.24) is 15.0 Å². The van der Waals surface area contributed by atoms with Crippen LogP contribution in [0.4, 0.5) is 11.8 Å². The summed E-state index contributed by atoms with van der Waals surface area (Å²) < 4.78 is 0. The first-order valence-electron chi connectivity index (χ1n) is 6.96. The van der Waals surface area contributed by atoms with E-state index in [1.54, 1.807) is 6.20 Å². The van der Waals surface area contributed by atoms with Crippen molar-refractivity contribution in [2.24, 2.45) is 0 Å². The van der Waals surface area contributed by atoms with Crippen LogP contribution in [0.5, 0.6) is 0 Å². The highest BCUT2D eigenvalue weighted by Crippen LogP contribution is 2.17. The normalized spacial score (nSPS) is 11.9. The molecule has 2 aromatic heterocycles. The number of aryl methyl sites for hydroxylation is 1. The quantitative estimate of drug-likeness (QED) is 0.845. The molecule has 0 amide bonds. The van der Waals surface area contributed by atoms with E-state index in [2.05, 4.69) is 39.4 Å². The van der Waals surface area contributed by atoms with Crippen LogP contribution in [0.2, 0.25) is 0 Å². The Kier molecular flexibility index (Phi) is 4.87. The van der Waals surface area contributed by atoms with E-state index in [4.69, 9.17) is 0 Å². The molecule has 1 unspecified atom stereocenters. The third-order valence-corrected chi connectivity index (χ3v) is 2.88. The van der Waals surface area contributed by atoms with E-state index in [9.17, 15) is 0 Å². The lowest BCUT2D eigenvalue weighted by atomic mass is 10.2. The van der Waals surface area contributed by atoms with Crippen molar-refractivity contribution < 1.29 is 0 Å². The summed E-state index contributed by atoms with van der Waals surface area (Å²) in [4.78, 5) is 13.2. The Balaban J connectivity index is 2.10. The molecule has 0 radical (unpaired) electrons. The topological polar surface area (TPSA) is 62.7 Å². The Hall–Kier alpha value is -2.17. The molecule has 0 fully saturated rings. The molecule has 1 atom stereocenters. The smallest absolute Gasteiger partial charge is 0.224 e. The van der Waals surface area contributed by atoms with Gasteiger partial charge in [0.25, 0.3) is 0 Å². The molecule has 0 aliphatic carbocycles. The molecule has 20 heavy (non-hydrogen) atoms. The van der Waals surface area contributed by atoms with Gasteiger partial charge in [-0.2, -0.15) is 4.98 Å². The Bertz CT molecular complexity index is 541. The standard InChI is InChI=1S/C15H21N5/c1-4-8-17-15-18-11(2)10-14(20-15)19-12(3)13-7-5-6-9-16-13/h5-7,9-10,12H,4,8H2,1-3H3,(H2,17,18,19,20). The molecular formula is C15H21N5. The van der Waals surface area contributed by atoms with Gasteiger partial charge in [0.2, 0.25) is 5.95 Å². The molecule has 5 heteroatoms. The molecule has 106 valence electrons. The van der Waals surface area contributed by atoms with Gasteiger partial charge < -0.3 is 10.6 Å². The largest absolute Gasteiger partial charge is 0.362 e. The predicted octanol–water partition coefficient (Wildman–Crippen LogP) is 3.18. The average Bonchev–Trinajstić information content (AvgIpc) is 2.45. The van der Waals surface area contributed by atoms with E-state index in [1.807, 2.05) is 31.2 Å². The molecule has 0 saturated carbocycles. The maximum Gasteiger partial charge on any atom is 0.224 e. The minimum atomic E-state index is 0.101. The van der Waals surface area contributed by atoms with E-state index >= 15 is 0 Å². The molecule has 0 saturated heterocycles.